The first-order chi connectivity index (χ1) is 3.80. The zero-order chi connectivity index (χ0) is 5.98. The van der Waals surface area contributed by atoms with E-state index in [9.17, 15) is 0 Å². The third-order valence-electron chi connectivity index (χ3n) is 0.919. The van der Waals surface area contributed by atoms with Crippen LogP contribution in [-0.4, -0.2) is 9.97 Å². The van der Waals surface area contributed by atoms with E-state index in [4.69, 9.17) is 5.73 Å². The van der Waals surface area contributed by atoms with Crippen molar-refractivity contribution in [1.29, 1.82) is 0 Å². The van der Waals surface area contributed by atoms with Gasteiger partial charge < -0.3 is 5.73 Å². The molecule has 50 valence electrons. The van der Waals surface area contributed by atoms with Gasteiger partial charge in [0.15, 0.2) is 0 Å². The summed E-state index contributed by atoms with van der Waals surface area (Å²) < 4.78 is 0. The SMILES string of the molecule is Cc1nccnc1N.Cl. The molecule has 3 nitrogen and oxygen atoms in total. The summed E-state index contributed by atoms with van der Waals surface area (Å²) in [5.41, 5.74) is 6.13. The number of rotatable bonds is 0. The summed E-state index contributed by atoms with van der Waals surface area (Å²) in [4.78, 5) is 7.69. The molecule has 4 heteroatoms. The normalized spacial score (nSPS) is 8.11. The number of halogens is 1. The van der Waals surface area contributed by atoms with Gasteiger partial charge in [0.1, 0.15) is 5.82 Å². The minimum Gasteiger partial charge on any atom is -0.382 e. The van der Waals surface area contributed by atoms with Crippen LogP contribution in [0.4, 0.5) is 5.82 Å². The number of aromatic nitrogens is 2. The molecule has 0 aliphatic rings. The van der Waals surface area contributed by atoms with Crippen LogP contribution in [0.15, 0.2) is 12.4 Å². The van der Waals surface area contributed by atoms with E-state index in [1.165, 1.54) is 0 Å². The summed E-state index contributed by atoms with van der Waals surface area (Å²) in [5, 5.41) is 0. The van der Waals surface area contributed by atoms with Crippen molar-refractivity contribution in [3.05, 3.63) is 18.1 Å². The Balaban J connectivity index is 0.000000640. The first-order valence-electron chi connectivity index (χ1n) is 2.34. The number of anilines is 1. The molecule has 9 heavy (non-hydrogen) atoms. The number of nitrogens with two attached hydrogens (primary N) is 1. The van der Waals surface area contributed by atoms with Crippen molar-refractivity contribution in [3.63, 3.8) is 0 Å². The van der Waals surface area contributed by atoms with Crippen molar-refractivity contribution in [3.8, 4) is 0 Å². The van der Waals surface area contributed by atoms with Gasteiger partial charge in [0.2, 0.25) is 0 Å². The Morgan fingerprint density at radius 3 is 2.22 bits per heavy atom. The van der Waals surface area contributed by atoms with Crippen LogP contribution in [0.2, 0.25) is 0 Å². The summed E-state index contributed by atoms with van der Waals surface area (Å²) in [6, 6.07) is 0. The fourth-order valence-electron chi connectivity index (χ4n) is 0.418. The maximum atomic E-state index is 5.35. The summed E-state index contributed by atoms with van der Waals surface area (Å²) in [6.07, 6.45) is 3.19. The van der Waals surface area contributed by atoms with Crippen molar-refractivity contribution in [2.24, 2.45) is 0 Å². The smallest absolute Gasteiger partial charge is 0.144 e. The number of hydrogen-bond acceptors (Lipinski definition) is 3. The Morgan fingerprint density at radius 2 is 1.89 bits per heavy atom. The molecule has 0 aliphatic heterocycles. The molecule has 0 fully saturated rings. The Hall–Kier alpha value is -0.830. The van der Waals surface area contributed by atoms with E-state index in [1.807, 2.05) is 6.92 Å². The van der Waals surface area contributed by atoms with Gasteiger partial charge in [-0.15, -0.1) is 12.4 Å². The maximum Gasteiger partial charge on any atom is 0.144 e. The van der Waals surface area contributed by atoms with Crippen LogP contribution < -0.4 is 5.73 Å². The molecule has 0 aliphatic carbocycles. The standard InChI is InChI=1S/C5H7N3.ClH/c1-4-5(6)8-3-2-7-4;/h2-3H,1H3,(H2,6,8);1H. The second kappa shape index (κ2) is 3.25. The van der Waals surface area contributed by atoms with E-state index in [-0.39, 0.29) is 12.4 Å². The monoisotopic (exact) mass is 145 g/mol. The average Bonchev–Trinajstić information content (AvgIpc) is 1.77. The third-order valence-corrected chi connectivity index (χ3v) is 0.919. The van der Waals surface area contributed by atoms with Crippen LogP contribution in [0.25, 0.3) is 0 Å². The van der Waals surface area contributed by atoms with Crippen molar-refractivity contribution in [2.45, 2.75) is 6.92 Å². The van der Waals surface area contributed by atoms with Gasteiger partial charge in [-0.3, -0.25) is 4.98 Å². The lowest BCUT2D eigenvalue weighted by atomic mass is 10.5. The van der Waals surface area contributed by atoms with E-state index in [0.29, 0.717) is 5.82 Å². The molecule has 0 amide bonds. The van der Waals surface area contributed by atoms with Crippen molar-refractivity contribution >= 4 is 18.2 Å². The number of hydrogen-bond donors (Lipinski definition) is 1. The van der Waals surface area contributed by atoms with Crippen molar-refractivity contribution < 1.29 is 0 Å². The van der Waals surface area contributed by atoms with E-state index in [0.717, 1.165) is 5.69 Å². The quantitative estimate of drug-likeness (QED) is 0.587. The van der Waals surface area contributed by atoms with E-state index in [2.05, 4.69) is 9.97 Å². The summed E-state index contributed by atoms with van der Waals surface area (Å²) in [6.45, 7) is 1.82. The van der Waals surface area contributed by atoms with Gasteiger partial charge in [-0.1, -0.05) is 0 Å². The average molecular weight is 146 g/mol. The molecule has 0 bridgehead atoms. The van der Waals surface area contributed by atoms with Gasteiger partial charge in [-0.25, -0.2) is 4.98 Å². The Labute approximate surface area is 59.7 Å². The van der Waals surface area contributed by atoms with Gasteiger partial charge in [0, 0.05) is 12.4 Å². The minimum atomic E-state index is 0. The highest BCUT2D eigenvalue weighted by Gasteiger charge is 1.88. The molecule has 1 aromatic rings. The molecule has 0 radical (unpaired) electrons. The number of aryl methyl sites for hydroxylation is 1. The van der Waals surface area contributed by atoms with Crippen LogP contribution in [0.3, 0.4) is 0 Å². The summed E-state index contributed by atoms with van der Waals surface area (Å²) in [7, 11) is 0. The second-order valence-corrected chi connectivity index (χ2v) is 1.53. The molecular formula is C5H8ClN3. The topological polar surface area (TPSA) is 51.8 Å². The molecule has 0 saturated heterocycles. The Kier molecular flexibility index (Phi) is 2.95. The molecule has 0 saturated carbocycles. The van der Waals surface area contributed by atoms with Crippen LogP contribution in [0, 0.1) is 6.92 Å². The lowest BCUT2D eigenvalue weighted by Gasteiger charge is -1.91. The van der Waals surface area contributed by atoms with Gasteiger partial charge in [-0.2, -0.15) is 0 Å². The lowest BCUT2D eigenvalue weighted by molar-refractivity contribution is 1.13. The molecule has 2 N–H and O–H groups in total. The molecule has 0 spiro atoms. The molecule has 1 rings (SSSR count). The first-order valence-corrected chi connectivity index (χ1v) is 2.34. The van der Waals surface area contributed by atoms with Crippen molar-refractivity contribution in [2.75, 3.05) is 5.73 Å². The molecule has 0 aromatic carbocycles. The van der Waals surface area contributed by atoms with Crippen LogP contribution >= 0.6 is 12.4 Å². The van der Waals surface area contributed by atoms with Crippen molar-refractivity contribution in [1.82, 2.24) is 9.97 Å². The van der Waals surface area contributed by atoms with Gasteiger partial charge >= 0.3 is 0 Å². The molecule has 1 heterocycles. The van der Waals surface area contributed by atoms with E-state index < -0.39 is 0 Å². The highest BCUT2D eigenvalue weighted by Crippen LogP contribution is 1.97. The third kappa shape index (κ3) is 1.85. The predicted octanol–water partition coefficient (Wildman–Crippen LogP) is 0.789. The second-order valence-electron chi connectivity index (χ2n) is 1.53. The zero-order valence-corrected chi connectivity index (χ0v) is 5.85. The lowest BCUT2D eigenvalue weighted by Crippen LogP contribution is -1.94. The fourth-order valence-corrected chi connectivity index (χ4v) is 0.418. The summed E-state index contributed by atoms with van der Waals surface area (Å²) >= 11 is 0. The molecule has 0 unspecified atom stereocenters. The van der Waals surface area contributed by atoms with E-state index >= 15 is 0 Å². The molecule has 0 atom stereocenters. The van der Waals surface area contributed by atoms with Crippen LogP contribution in [0.5, 0.6) is 0 Å². The minimum absolute atomic E-state index is 0. The van der Waals surface area contributed by atoms with Gasteiger partial charge in [-0.05, 0) is 6.92 Å². The molecule has 1 aromatic heterocycles. The maximum absolute atomic E-state index is 5.35. The molecular weight excluding hydrogens is 138 g/mol. The zero-order valence-electron chi connectivity index (χ0n) is 5.03. The fraction of sp³-hybridized carbons (Fsp3) is 0.200. The van der Waals surface area contributed by atoms with Crippen LogP contribution in [0.1, 0.15) is 5.69 Å². The predicted molar refractivity (Wildman–Crippen MR) is 38.4 cm³/mol. The number of nitrogen functional groups attached to an aromatic ring is 1. The summed E-state index contributed by atoms with van der Waals surface area (Å²) in [5.74, 6) is 0.507. The highest BCUT2D eigenvalue weighted by molar-refractivity contribution is 5.85. The number of nitrogens with zero attached hydrogens (tertiary/aromatic N) is 2. The Bertz CT molecular complexity index is 168. The van der Waals surface area contributed by atoms with E-state index in [1.54, 1.807) is 12.4 Å². The van der Waals surface area contributed by atoms with Crippen LogP contribution in [-0.2, 0) is 0 Å². The van der Waals surface area contributed by atoms with Gasteiger partial charge in [0.05, 0.1) is 5.69 Å². The Morgan fingerprint density at radius 1 is 1.33 bits per heavy atom. The van der Waals surface area contributed by atoms with Gasteiger partial charge in [0.25, 0.3) is 0 Å². The largest absolute Gasteiger partial charge is 0.382 e. The highest BCUT2D eigenvalue weighted by atomic mass is 35.5. The first kappa shape index (κ1) is 8.17.